The Hall–Kier alpha value is -2.21. The molecule has 0 aliphatic heterocycles. The summed E-state index contributed by atoms with van der Waals surface area (Å²) in [4.78, 5) is 23.2. The Morgan fingerprint density at radius 3 is 2.62 bits per heavy atom. The van der Waals surface area contributed by atoms with Crippen LogP contribution < -0.4 is 15.4 Å². The molecule has 0 bridgehead atoms. The van der Waals surface area contributed by atoms with Crippen molar-refractivity contribution in [1.29, 1.82) is 0 Å². The summed E-state index contributed by atoms with van der Waals surface area (Å²) in [7, 11) is 1.50. The standard InChI is InChI=1S/C17H23ClN2O4/c1-17(2,3)24-16(22)19-10-6-5-7-15(21)20-12-8-9-13(18)14(11-12)23-4/h5,7-9,11H,6,10H2,1-4H3,(H,19,22)(H,20,21). The molecule has 0 radical (unpaired) electrons. The Morgan fingerprint density at radius 2 is 2.00 bits per heavy atom. The summed E-state index contributed by atoms with van der Waals surface area (Å²) in [6, 6.07) is 4.96. The van der Waals surface area contributed by atoms with Crippen molar-refractivity contribution in [3.63, 3.8) is 0 Å². The van der Waals surface area contributed by atoms with Gasteiger partial charge in [0.1, 0.15) is 11.4 Å². The van der Waals surface area contributed by atoms with Crippen molar-refractivity contribution in [3.8, 4) is 5.75 Å². The molecule has 7 heteroatoms. The lowest BCUT2D eigenvalue weighted by molar-refractivity contribution is -0.111. The number of methoxy groups -OCH3 is 1. The van der Waals surface area contributed by atoms with E-state index in [1.165, 1.54) is 13.2 Å². The number of anilines is 1. The average molecular weight is 355 g/mol. The predicted molar refractivity (Wildman–Crippen MR) is 94.6 cm³/mol. The summed E-state index contributed by atoms with van der Waals surface area (Å²) in [6.07, 6.45) is 3.10. The molecule has 0 atom stereocenters. The highest BCUT2D eigenvalue weighted by molar-refractivity contribution is 6.32. The van der Waals surface area contributed by atoms with Crippen LogP contribution in [-0.2, 0) is 9.53 Å². The molecule has 6 nitrogen and oxygen atoms in total. The molecule has 1 rings (SSSR count). The first-order chi connectivity index (χ1) is 11.2. The SMILES string of the molecule is COc1cc(NC(=O)C=CCCNC(=O)OC(C)(C)C)ccc1Cl. The van der Waals surface area contributed by atoms with Crippen LogP contribution in [0.1, 0.15) is 27.2 Å². The Balaban J connectivity index is 2.35. The van der Waals surface area contributed by atoms with Crippen LogP contribution in [0.15, 0.2) is 30.4 Å². The van der Waals surface area contributed by atoms with Gasteiger partial charge in [0.2, 0.25) is 5.91 Å². The lowest BCUT2D eigenvalue weighted by atomic mass is 10.2. The lowest BCUT2D eigenvalue weighted by Gasteiger charge is -2.19. The van der Waals surface area contributed by atoms with E-state index in [0.717, 1.165) is 0 Å². The number of amides is 2. The maximum absolute atomic E-state index is 11.8. The minimum absolute atomic E-state index is 0.281. The fraction of sp³-hybridized carbons (Fsp3) is 0.412. The molecule has 0 aliphatic carbocycles. The smallest absolute Gasteiger partial charge is 0.407 e. The van der Waals surface area contributed by atoms with Crippen molar-refractivity contribution >= 4 is 29.3 Å². The molecule has 0 spiro atoms. The first kappa shape index (κ1) is 19.8. The van der Waals surface area contributed by atoms with Crippen molar-refractivity contribution < 1.29 is 19.1 Å². The first-order valence-electron chi connectivity index (χ1n) is 7.49. The largest absolute Gasteiger partial charge is 0.495 e. The summed E-state index contributed by atoms with van der Waals surface area (Å²) < 4.78 is 10.2. The Bertz CT molecular complexity index is 609. The molecule has 0 aliphatic rings. The average Bonchev–Trinajstić information content (AvgIpc) is 2.47. The van der Waals surface area contributed by atoms with Crippen LogP contribution in [0, 0.1) is 0 Å². The van der Waals surface area contributed by atoms with Crippen LogP contribution >= 0.6 is 11.6 Å². The van der Waals surface area contributed by atoms with Crippen molar-refractivity contribution in [2.75, 3.05) is 19.0 Å². The van der Waals surface area contributed by atoms with E-state index in [-0.39, 0.29) is 5.91 Å². The Kier molecular flexibility index (Phi) is 7.58. The summed E-state index contributed by atoms with van der Waals surface area (Å²) in [5, 5.41) is 5.78. The van der Waals surface area contributed by atoms with Crippen LogP contribution in [0.5, 0.6) is 5.75 Å². The molecule has 0 saturated heterocycles. The van der Waals surface area contributed by atoms with Crippen LogP contribution in [0.25, 0.3) is 0 Å². The summed E-state index contributed by atoms with van der Waals surface area (Å²) >= 11 is 5.92. The second-order valence-electron chi connectivity index (χ2n) is 5.96. The maximum atomic E-state index is 11.8. The third-order valence-electron chi connectivity index (χ3n) is 2.67. The van der Waals surface area contributed by atoms with Gasteiger partial charge in [0.15, 0.2) is 0 Å². The van der Waals surface area contributed by atoms with Gasteiger partial charge in [0.05, 0.1) is 12.1 Å². The van der Waals surface area contributed by atoms with Gasteiger partial charge >= 0.3 is 6.09 Å². The highest BCUT2D eigenvalue weighted by Gasteiger charge is 2.15. The van der Waals surface area contributed by atoms with Crippen LogP contribution in [0.2, 0.25) is 5.02 Å². The molecule has 1 aromatic rings. The molecule has 132 valence electrons. The summed E-state index contributed by atoms with van der Waals surface area (Å²) in [5.74, 6) is 0.205. The number of hydrogen-bond acceptors (Lipinski definition) is 4. The van der Waals surface area contributed by atoms with E-state index in [4.69, 9.17) is 21.1 Å². The van der Waals surface area contributed by atoms with E-state index in [9.17, 15) is 9.59 Å². The molecule has 0 fully saturated rings. The minimum Gasteiger partial charge on any atom is -0.495 e. The van der Waals surface area contributed by atoms with E-state index in [1.54, 1.807) is 45.0 Å². The zero-order valence-corrected chi connectivity index (χ0v) is 15.1. The molecule has 0 aromatic heterocycles. The van der Waals surface area contributed by atoms with E-state index >= 15 is 0 Å². The molecule has 0 unspecified atom stereocenters. The number of carbonyl (C=O) groups is 2. The van der Waals surface area contributed by atoms with Crippen LogP contribution in [0.4, 0.5) is 10.5 Å². The number of ether oxygens (including phenoxy) is 2. The van der Waals surface area contributed by atoms with Gasteiger partial charge < -0.3 is 20.1 Å². The fourth-order valence-corrected chi connectivity index (χ4v) is 1.88. The van der Waals surface area contributed by atoms with Crippen LogP contribution in [0.3, 0.4) is 0 Å². The molecule has 2 amide bonds. The monoisotopic (exact) mass is 354 g/mol. The predicted octanol–water partition coefficient (Wildman–Crippen LogP) is 3.76. The summed E-state index contributed by atoms with van der Waals surface area (Å²) in [5.41, 5.74) is 0.0529. The van der Waals surface area contributed by atoms with Crippen molar-refractivity contribution in [2.24, 2.45) is 0 Å². The number of rotatable bonds is 6. The number of alkyl carbamates (subject to hydrolysis) is 1. The molecule has 1 aromatic carbocycles. The van der Waals surface area contributed by atoms with Gasteiger partial charge in [-0.25, -0.2) is 4.79 Å². The topological polar surface area (TPSA) is 76.7 Å². The van der Waals surface area contributed by atoms with Crippen molar-refractivity contribution in [2.45, 2.75) is 32.8 Å². The molecular weight excluding hydrogens is 332 g/mol. The van der Waals surface area contributed by atoms with E-state index < -0.39 is 11.7 Å². The van der Waals surface area contributed by atoms with Gasteiger partial charge in [0, 0.05) is 18.3 Å². The van der Waals surface area contributed by atoms with Gasteiger partial charge in [-0.1, -0.05) is 17.7 Å². The highest BCUT2D eigenvalue weighted by atomic mass is 35.5. The van der Waals surface area contributed by atoms with Crippen LogP contribution in [-0.4, -0.2) is 31.3 Å². The van der Waals surface area contributed by atoms with Crippen molar-refractivity contribution in [1.82, 2.24) is 5.32 Å². The molecule has 2 N–H and O–H groups in total. The number of hydrogen-bond donors (Lipinski definition) is 2. The summed E-state index contributed by atoms with van der Waals surface area (Å²) in [6.45, 7) is 5.77. The number of carbonyl (C=O) groups excluding carboxylic acids is 2. The first-order valence-corrected chi connectivity index (χ1v) is 7.87. The normalized spacial score (nSPS) is 11.2. The maximum Gasteiger partial charge on any atom is 0.407 e. The van der Waals surface area contributed by atoms with Gasteiger partial charge in [-0.2, -0.15) is 0 Å². The van der Waals surface area contributed by atoms with Gasteiger partial charge in [-0.15, -0.1) is 0 Å². The third kappa shape index (κ3) is 7.87. The molecular formula is C17H23ClN2O4. The fourth-order valence-electron chi connectivity index (χ4n) is 1.68. The van der Waals surface area contributed by atoms with E-state index in [2.05, 4.69) is 10.6 Å². The quantitative estimate of drug-likeness (QED) is 0.602. The van der Waals surface area contributed by atoms with E-state index in [1.807, 2.05) is 0 Å². The van der Waals surface area contributed by atoms with Gasteiger partial charge in [0.25, 0.3) is 0 Å². The van der Waals surface area contributed by atoms with E-state index in [0.29, 0.717) is 29.4 Å². The zero-order valence-electron chi connectivity index (χ0n) is 14.3. The van der Waals surface area contributed by atoms with Gasteiger partial charge in [-0.3, -0.25) is 4.79 Å². The van der Waals surface area contributed by atoms with Gasteiger partial charge in [-0.05, 0) is 45.4 Å². The molecule has 0 saturated carbocycles. The number of nitrogens with one attached hydrogen (secondary N) is 2. The Labute approximate surface area is 147 Å². The minimum atomic E-state index is -0.528. The third-order valence-corrected chi connectivity index (χ3v) is 2.98. The second-order valence-corrected chi connectivity index (χ2v) is 6.37. The zero-order chi connectivity index (χ0) is 18.2. The molecule has 0 heterocycles. The number of benzene rings is 1. The Morgan fingerprint density at radius 1 is 1.29 bits per heavy atom. The molecule has 24 heavy (non-hydrogen) atoms. The highest BCUT2D eigenvalue weighted by Crippen LogP contribution is 2.27. The van der Waals surface area contributed by atoms with Crippen molar-refractivity contribution in [3.05, 3.63) is 35.4 Å². The second kappa shape index (κ2) is 9.17. The number of halogens is 1. The lowest BCUT2D eigenvalue weighted by Crippen LogP contribution is -2.32.